The van der Waals surface area contributed by atoms with Crippen LogP contribution in [0.2, 0.25) is 0 Å². The molecule has 3 nitrogen and oxygen atoms in total. The summed E-state index contributed by atoms with van der Waals surface area (Å²) in [5.74, 6) is 0.641. The van der Waals surface area contributed by atoms with Crippen LogP contribution in [0.4, 0.5) is 0 Å². The van der Waals surface area contributed by atoms with E-state index in [2.05, 4.69) is 205 Å². The van der Waals surface area contributed by atoms with Crippen LogP contribution in [0, 0.1) is 0 Å². The molecule has 56 heavy (non-hydrogen) atoms. The molecular weight excluding hydrogens is 699 g/mol. The Morgan fingerprint density at radius 1 is 0.304 bits per heavy atom. The number of hydrogen-bond donors (Lipinski definition) is 0. The zero-order chi connectivity index (χ0) is 37.0. The first-order valence-electron chi connectivity index (χ1n) is 18.9. The lowest BCUT2D eigenvalue weighted by molar-refractivity contribution is 0.995. The van der Waals surface area contributed by atoms with Gasteiger partial charge >= 0.3 is 0 Å². The lowest BCUT2D eigenvalue weighted by Gasteiger charge is -2.13. The van der Waals surface area contributed by atoms with E-state index in [1.54, 1.807) is 0 Å². The van der Waals surface area contributed by atoms with Crippen molar-refractivity contribution in [3.8, 4) is 61.8 Å². The second-order valence-corrected chi connectivity index (χ2v) is 15.3. The van der Waals surface area contributed by atoms with Gasteiger partial charge in [-0.25, -0.2) is 9.97 Å². The van der Waals surface area contributed by atoms with Crippen molar-refractivity contribution in [1.29, 1.82) is 0 Å². The zero-order valence-corrected chi connectivity index (χ0v) is 31.1. The molecular formula is C52H33N3S. The smallest absolute Gasteiger partial charge is 0.235 e. The Morgan fingerprint density at radius 2 is 0.750 bits per heavy atom. The Balaban J connectivity index is 1.07. The maximum atomic E-state index is 5.33. The van der Waals surface area contributed by atoms with E-state index in [4.69, 9.17) is 9.97 Å². The molecule has 0 fully saturated rings. The molecule has 0 saturated carbocycles. The lowest BCUT2D eigenvalue weighted by Crippen LogP contribution is -2.04. The first kappa shape index (κ1) is 32.3. The molecule has 11 rings (SSSR count). The van der Waals surface area contributed by atoms with Gasteiger partial charge in [0.15, 0.2) is 0 Å². The molecule has 0 N–H and O–H groups in total. The summed E-state index contributed by atoms with van der Waals surface area (Å²) >= 11 is 1.85. The van der Waals surface area contributed by atoms with Crippen LogP contribution in [0.25, 0.3) is 104 Å². The van der Waals surface area contributed by atoms with E-state index in [9.17, 15) is 0 Å². The van der Waals surface area contributed by atoms with E-state index in [1.165, 1.54) is 64.3 Å². The molecule has 8 aromatic carbocycles. The van der Waals surface area contributed by atoms with Gasteiger partial charge in [-0.15, -0.1) is 11.3 Å². The highest BCUT2D eigenvalue weighted by Gasteiger charge is 2.18. The van der Waals surface area contributed by atoms with Crippen molar-refractivity contribution in [3.63, 3.8) is 0 Å². The van der Waals surface area contributed by atoms with Gasteiger partial charge in [-0.05, 0) is 75.8 Å². The molecule has 0 spiro atoms. The van der Waals surface area contributed by atoms with Crippen LogP contribution in [0.5, 0.6) is 0 Å². The second kappa shape index (κ2) is 13.3. The van der Waals surface area contributed by atoms with Crippen LogP contribution in [0.3, 0.4) is 0 Å². The molecule has 0 unspecified atom stereocenters. The molecule has 0 aliphatic rings. The molecule has 0 aliphatic carbocycles. The van der Waals surface area contributed by atoms with Gasteiger partial charge in [0.25, 0.3) is 0 Å². The summed E-state index contributed by atoms with van der Waals surface area (Å²) in [4.78, 5) is 10.7. The summed E-state index contributed by atoms with van der Waals surface area (Å²) in [6.45, 7) is 0. The first-order chi connectivity index (χ1) is 27.7. The number of benzene rings is 8. The zero-order valence-electron chi connectivity index (χ0n) is 30.3. The van der Waals surface area contributed by atoms with Crippen molar-refractivity contribution in [2.75, 3.05) is 0 Å². The summed E-state index contributed by atoms with van der Waals surface area (Å²) in [7, 11) is 0. The van der Waals surface area contributed by atoms with Gasteiger partial charge in [-0.3, -0.25) is 4.57 Å². The van der Waals surface area contributed by atoms with Gasteiger partial charge in [0, 0.05) is 42.1 Å². The summed E-state index contributed by atoms with van der Waals surface area (Å²) < 4.78 is 4.86. The largest absolute Gasteiger partial charge is 0.278 e. The summed E-state index contributed by atoms with van der Waals surface area (Å²) in [5, 5.41) is 4.95. The van der Waals surface area contributed by atoms with E-state index in [1.807, 2.05) is 11.3 Å². The average molecular weight is 732 g/mol. The minimum atomic E-state index is 0.641. The van der Waals surface area contributed by atoms with Crippen LogP contribution in [-0.2, 0) is 0 Å². The Hall–Kier alpha value is -7.14. The normalized spacial score (nSPS) is 11.6. The molecule has 0 amide bonds. The molecule has 0 aliphatic heterocycles. The van der Waals surface area contributed by atoms with Gasteiger partial charge in [-0.2, -0.15) is 0 Å². The van der Waals surface area contributed by atoms with Crippen molar-refractivity contribution in [2.24, 2.45) is 0 Å². The fraction of sp³-hybridized carbons (Fsp3) is 0. The Bertz CT molecular complexity index is 3110. The highest BCUT2D eigenvalue weighted by molar-refractivity contribution is 7.25. The monoisotopic (exact) mass is 731 g/mol. The molecule has 0 saturated heterocycles. The number of aromatic nitrogens is 3. The van der Waals surface area contributed by atoms with Gasteiger partial charge in [-0.1, -0.05) is 158 Å². The topological polar surface area (TPSA) is 30.7 Å². The molecule has 0 atom stereocenters. The van der Waals surface area contributed by atoms with Gasteiger partial charge in [0.05, 0.1) is 22.4 Å². The van der Waals surface area contributed by atoms with Crippen LogP contribution in [-0.4, -0.2) is 14.5 Å². The highest BCUT2D eigenvalue weighted by atomic mass is 32.1. The maximum Gasteiger partial charge on any atom is 0.235 e. The SMILES string of the molecule is c1ccc(-c2ccc(-c3cc(-c4ccc(-c5ccccc5)cc4)nc(-n4c5ccccc5c5cc(-c6ccc7sc8ccccc8c7c6)ccc54)n3)cc2)cc1. The predicted molar refractivity (Wildman–Crippen MR) is 236 cm³/mol. The Morgan fingerprint density at radius 3 is 1.39 bits per heavy atom. The number of nitrogens with zero attached hydrogens (tertiary/aromatic N) is 3. The predicted octanol–water partition coefficient (Wildman–Crippen LogP) is 14.3. The van der Waals surface area contributed by atoms with Crippen molar-refractivity contribution in [2.45, 2.75) is 0 Å². The average Bonchev–Trinajstić information content (AvgIpc) is 3.82. The number of para-hydroxylation sites is 1. The van der Waals surface area contributed by atoms with Crippen LogP contribution in [0.1, 0.15) is 0 Å². The number of hydrogen-bond acceptors (Lipinski definition) is 3. The van der Waals surface area contributed by atoms with E-state index in [0.29, 0.717) is 5.95 Å². The molecule has 11 aromatic rings. The quantitative estimate of drug-likeness (QED) is 0.170. The Kier molecular flexibility index (Phi) is 7.68. The first-order valence-corrected chi connectivity index (χ1v) is 19.7. The molecule has 3 heterocycles. The molecule has 0 bridgehead atoms. The second-order valence-electron chi connectivity index (χ2n) is 14.2. The van der Waals surface area contributed by atoms with Crippen molar-refractivity contribution >= 4 is 53.3 Å². The summed E-state index contributed by atoms with van der Waals surface area (Å²) in [6, 6.07) is 71.5. The van der Waals surface area contributed by atoms with E-state index < -0.39 is 0 Å². The van der Waals surface area contributed by atoms with Crippen LogP contribution >= 0.6 is 11.3 Å². The third kappa shape index (κ3) is 5.58. The van der Waals surface area contributed by atoms with Crippen molar-refractivity contribution < 1.29 is 0 Å². The Labute approximate surface area is 328 Å². The van der Waals surface area contributed by atoms with E-state index in [0.717, 1.165) is 33.5 Å². The van der Waals surface area contributed by atoms with E-state index in [-0.39, 0.29) is 0 Å². The number of fused-ring (bicyclic) bond motifs is 6. The fourth-order valence-corrected chi connectivity index (χ4v) is 9.12. The minimum absolute atomic E-state index is 0.641. The molecule has 0 radical (unpaired) electrons. The van der Waals surface area contributed by atoms with Crippen molar-refractivity contribution in [3.05, 3.63) is 200 Å². The maximum absolute atomic E-state index is 5.33. The number of rotatable bonds is 6. The van der Waals surface area contributed by atoms with Gasteiger partial charge in [0.2, 0.25) is 5.95 Å². The van der Waals surface area contributed by atoms with E-state index >= 15 is 0 Å². The minimum Gasteiger partial charge on any atom is -0.278 e. The summed E-state index contributed by atoms with van der Waals surface area (Å²) in [6.07, 6.45) is 0. The van der Waals surface area contributed by atoms with Crippen LogP contribution in [0.15, 0.2) is 200 Å². The molecule has 4 heteroatoms. The van der Waals surface area contributed by atoms with Gasteiger partial charge in [0.1, 0.15) is 0 Å². The third-order valence-corrected chi connectivity index (χ3v) is 12.0. The van der Waals surface area contributed by atoms with Gasteiger partial charge < -0.3 is 0 Å². The lowest BCUT2D eigenvalue weighted by atomic mass is 10.0. The highest BCUT2D eigenvalue weighted by Crippen LogP contribution is 2.39. The number of thiophene rings is 1. The fourth-order valence-electron chi connectivity index (χ4n) is 8.03. The molecule has 262 valence electrons. The molecule has 3 aromatic heterocycles. The van der Waals surface area contributed by atoms with Crippen LogP contribution < -0.4 is 0 Å². The standard InChI is InChI=1S/C52H33N3S/c1-3-11-34(12-4-1)36-19-23-38(24-20-36)46-33-47(39-25-21-37(22-26-39)35-13-5-2-6-14-35)54-52(53-46)55-48-17-9-7-15-42(48)44-31-40(27-29-49(44)55)41-28-30-51-45(32-41)43-16-8-10-18-50(43)56-51/h1-33H. The summed E-state index contributed by atoms with van der Waals surface area (Å²) in [5.41, 5.74) is 13.1. The third-order valence-electron chi connectivity index (χ3n) is 10.9. The van der Waals surface area contributed by atoms with Crippen molar-refractivity contribution in [1.82, 2.24) is 14.5 Å².